The maximum atomic E-state index is 12.6. The van der Waals surface area contributed by atoms with Crippen molar-refractivity contribution in [3.63, 3.8) is 0 Å². The number of amides is 1. The summed E-state index contributed by atoms with van der Waals surface area (Å²) in [5.74, 6) is -0.418. The van der Waals surface area contributed by atoms with Crippen LogP contribution in [-0.4, -0.2) is 65.6 Å². The number of piperazine rings is 1. The Hall–Kier alpha value is -1.38. The molecule has 0 spiro atoms. The Kier molecular flexibility index (Phi) is 6.06. The van der Waals surface area contributed by atoms with Gasteiger partial charge in [-0.2, -0.15) is 13.2 Å². The van der Waals surface area contributed by atoms with Crippen LogP contribution >= 0.6 is 12.4 Å². The van der Waals surface area contributed by atoms with Crippen LogP contribution in [0, 0.1) is 0 Å². The van der Waals surface area contributed by atoms with Crippen LogP contribution in [0.25, 0.3) is 0 Å². The number of hydrogen-bond donors (Lipinski definition) is 1. The molecule has 9 heteroatoms. The molecule has 0 bridgehead atoms. The highest BCUT2D eigenvalue weighted by molar-refractivity contribution is 5.85. The number of nitrogens with zero attached hydrogens (tertiary/aromatic N) is 3. The highest BCUT2D eigenvalue weighted by Gasteiger charge is 2.43. The molecule has 0 aromatic carbocycles. The molecule has 24 heavy (non-hydrogen) atoms. The van der Waals surface area contributed by atoms with Crippen LogP contribution in [0.3, 0.4) is 0 Å². The van der Waals surface area contributed by atoms with E-state index in [4.69, 9.17) is 0 Å². The number of hydrogen-bond acceptors (Lipinski definition) is 4. The molecule has 2 aliphatic rings. The van der Waals surface area contributed by atoms with Gasteiger partial charge in [-0.3, -0.25) is 14.7 Å². The summed E-state index contributed by atoms with van der Waals surface area (Å²) >= 11 is 0. The third-order valence-corrected chi connectivity index (χ3v) is 4.39. The number of halogens is 4. The van der Waals surface area contributed by atoms with Gasteiger partial charge in [-0.15, -0.1) is 12.4 Å². The topological polar surface area (TPSA) is 48.5 Å². The minimum absolute atomic E-state index is 0. The van der Waals surface area contributed by atoms with E-state index in [9.17, 15) is 18.0 Å². The Labute approximate surface area is 144 Å². The Morgan fingerprint density at radius 2 is 2.08 bits per heavy atom. The maximum absolute atomic E-state index is 12.6. The molecule has 2 saturated heterocycles. The van der Waals surface area contributed by atoms with Gasteiger partial charge in [-0.05, 0) is 18.1 Å². The average molecular weight is 365 g/mol. The van der Waals surface area contributed by atoms with Crippen molar-refractivity contribution in [3.05, 3.63) is 30.1 Å². The van der Waals surface area contributed by atoms with E-state index in [0.29, 0.717) is 19.5 Å². The molecule has 1 aromatic rings. The van der Waals surface area contributed by atoms with Gasteiger partial charge in [-0.1, -0.05) is 6.07 Å². The molecular weight excluding hydrogens is 345 g/mol. The van der Waals surface area contributed by atoms with Crippen LogP contribution in [0.1, 0.15) is 18.0 Å². The minimum Gasteiger partial charge on any atom is -0.332 e. The zero-order valence-corrected chi connectivity index (χ0v) is 13.8. The van der Waals surface area contributed by atoms with Gasteiger partial charge in [0.2, 0.25) is 5.91 Å². The number of carbonyl (C=O) groups excluding carboxylic acids is 1. The van der Waals surface area contributed by atoms with Crippen LogP contribution in [-0.2, 0) is 4.79 Å². The molecule has 2 unspecified atom stereocenters. The first kappa shape index (κ1) is 19.0. The molecule has 2 atom stereocenters. The van der Waals surface area contributed by atoms with Crippen LogP contribution in [0.15, 0.2) is 24.5 Å². The molecule has 1 N–H and O–H groups in total. The van der Waals surface area contributed by atoms with E-state index in [0.717, 1.165) is 17.0 Å². The van der Waals surface area contributed by atoms with E-state index >= 15 is 0 Å². The Morgan fingerprint density at radius 3 is 2.75 bits per heavy atom. The zero-order valence-electron chi connectivity index (χ0n) is 13.0. The first-order valence-electron chi connectivity index (χ1n) is 7.67. The first-order valence-corrected chi connectivity index (χ1v) is 7.67. The lowest BCUT2D eigenvalue weighted by atomic mass is 10.0. The number of rotatable bonds is 3. The lowest BCUT2D eigenvalue weighted by Crippen LogP contribution is -2.53. The van der Waals surface area contributed by atoms with Crippen molar-refractivity contribution in [1.29, 1.82) is 0 Å². The molecule has 1 amide bonds. The number of alkyl halides is 3. The van der Waals surface area contributed by atoms with Crippen LogP contribution in [0.4, 0.5) is 13.2 Å². The van der Waals surface area contributed by atoms with Crippen molar-refractivity contribution in [3.8, 4) is 0 Å². The van der Waals surface area contributed by atoms with Crippen LogP contribution in [0.5, 0.6) is 0 Å². The molecule has 0 aliphatic carbocycles. The predicted octanol–water partition coefficient (Wildman–Crippen LogP) is 1.61. The second kappa shape index (κ2) is 7.67. The van der Waals surface area contributed by atoms with Crippen LogP contribution < -0.4 is 5.32 Å². The van der Waals surface area contributed by atoms with Gasteiger partial charge in [0.1, 0.15) is 6.54 Å². The van der Waals surface area contributed by atoms with Gasteiger partial charge in [0, 0.05) is 44.6 Å². The summed E-state index contributed by atoms with van der Waals surface area (Å²) in [4.78, 5) is 19.5. The summed E-state index contributed by atoms with van der Waals surface area (Å²) < 4.78 is 37.7. The molecule has 2 aliphatic heterocycles. The van der Waals surface area contributed by atoms with Gasteiger partial charge in [0.15, 0.2) is 0 Å². The van der Waals surface area contributed by atoms with Crippen molar-refractivity contribution >= 4 is 18.3 Å². The van der Waals surface area contributed by atoms with Crippen molar-refractivity contribution in [1.82, 2.24) is 20.1 Å². The summed E-state index contributed by atoms with van der Waals surface area (Å²) in [6.07, 6.45) is -0.490. The third kappa shape index (κ3) is 4.17. The summed E-state index contributed by atoms with van der Waals surface area (Å²) in [7, 11) is 0. The molecule has 134 valence electrons. The molecular formula is C15H20ClF3N4O. The smallest absolute Gasteiger partial charge is 0.332 e. The second-order valence-corrected chi connectivity index (χ2v) is 5.92. The second-order valence-electron chi connectivity index (χ2n) is 5.92. The van der Waals surface area contributed by atoms with E-state index < -0.39 is 24.7 Å². The summed E-state index contributed by atoms with van der Waals surface area (Å²) in [5, 5.41) is 3.28. The van der Waals surface area contributed by atoms with E-state index in [-0.39, 0.29) is 25.0 Å². The fourth-order valence-corrected chi connectivity index (χ4v) is 3.38. The fraction of sp³-hybridized carbons (Fsp3) is 0.600. The molecule has 1 aromatic heterocycles. The summed E-state index contributed by atoms with van der Waals surface area (Å²) in [5.41, 5.74) is 0.974. The number of nitrogens with one attached hydrogen (secondary N) is 1. The van der Waals surface area contributed by atoms with Gasteiger partial charge in [-0.25, -0.2) is 0 Å². The van der Waals surface area contributed by atoms with Crippen molar-refractivity contribution in [2.24, 2.45) is 0 Å². The fourth-order valence-electron chi connectivity index (χ4n) is 3.38. The van der Waals surface area contributed by atoms with Gasteiger partial charge < -0.3 is 10.2 Å². The minimum atomic E-state index is -4.35. The van der Waals surface area contributed by atoms with Crippen LogP contribution in [0.2, 0.25) is 0 Å². The van der Waals surface area contributed by atoms with E-state index in [2.05, 4.69) is 10.3 Å². The molecule has 0 saturated carbocycles. The summed E-state index contributed by atoms with van der Waals surface area (Å²) in [6, 6.07) is 3.24. The Morgan fingerprint density at radius 1 is 1.29 bits per heavy atom. The lowest BCUT2D eigenvalue weighted by molar-refractivity contribution is -0.159. The monoisotopic (exact) mass is 364 g/mol. The Balaban J connectivity index is 0.00000208. The molecule has 2 fully saturated rings. The average Bonchev–Trinajstić information content (AvgIpc) is 2.87. The maximum Gasteiger partial charge on any atom is 0.406 e. The molecule has 3 rings (SSSR count). The molecule has 5 nitrogen and oxygen atoms in total. The van der Waals surface area contributed by atoms with E-state index in [1.807, 2.05) is 17.0 Å². The zero-order chi connectivity index (χ0) is 16.4. The highest BCUT2D eigenvalue weighted by atomic mass is 35.5. The standard InChI is InChI=1S/C15H19F3N4O.ClH/c16-15(17,18)10-21-6-3-12(14(21)23)22-7-5-20-9-13(22)11-2-1-4-19-8-11;/h1-2,4,8,12-13,20H,3,5-7,9-10H2;1H. The van der Waals surface area contributed by atoms with Crippen molar-refractivity contribution in [2.75, 3.05) is 32.7 Å². The van der Waals surface area contributed by atoms with E-state index in [1.165, 1.54) is 0 Å². The van der Waals surface area contributed by atoms with Crippen molar-refractivity contribution < 1.29 is 18.0 Å². The highest BCUT2D eigenvalue weighted by Crippen LogP contribution is 2.30. The largest absolute Gasteiger partial charge is 0.406 e. The Bertz CT molecular complexity index is 557. The lowest BCUT2D eigenvalue weighted by Gasteiger charge is -2.39. The van der Waals surface area contributed by atoms with Gasteiger partial charge >= 0.3 is 6.18 Å². The predicted molar refractivity (Wildman–Crippen MR) is 84.8 cm³/mol. The molecule has 3 heterocycles. The SMILES string of the molecule is Cl.O=C1C(N2CCNCC2c2cccnc2)CCN1CC(F)(F)F. The quantitative estimate of drug-likeness (QED) is 0.885. The van der Waals surface area contributed by atoms with Gasteiger partial charge in [0.25, 0.3) is 0 Å². The van der Waals surface area contributed by atoms with E-state index in [1.54, 1.807) is 12.4 Å². The third-order valence-electron chi connectivity index (χ3n) is 4.39. The number of carbonyl (C=O) groups is 1. The van der Waals surface area contributed by atoms with Gasteiger partial charge in [0.05, 0.1) is 6.04 Å². The number of pyridine rings is 1. The number of aromatic nitrogens is 1. The molecule has 0 radical (unpaired) electrons. The number of likely N-dealkylation sites (tertiary alicyclic amines) is 1. The first-order chi connectivity index (χ1) is 11.0. The summed E-state index contributed by atoms with van der Waals surface area (Å²) in [6.45, 7) is 1.02. The normalized spacial score (nSPS) is 25.6. The van der Waals surface area contributed by atoms with Crippen molar-refractivity contribution in [2.45, 2.75) is 24.7 Å².